The van der Waals surface area contributed by atoms with Crippen LogP contribution in [-0.4, -0.2) is 17.9 Å². The lowest BCUT2D eigenvalue weighted by molar-refractivity contribution is -0.121. The number of hydrogen-bond acceptors (Lipinski definition) is 3. The maximum atomic E-state index is 12.6. The first-order chi connectivity index (χ1) is 11.0. The third-order valence-electron chi connectivity index (χ3n) is 3.71. The van der Waals surface area contributed by atoms with Crippen molar-refractivity contribution in [2.75, 3.05) is 10.2 Å². The van der Waals surface area contributed by atoms with Crippen LogP contribution in [0.5, 0.6) is 0 Å². The van der Waals surface area contributed by atoms with Gasteiger partial charge in [0.2, 0.25) is 5.91 Å². The van der Waals surface area contributed by atoms with Crippen molar-refractivity contribution in [1.82, 2.24) is 0 Å². The Bertz CT molecular complexity index is 775. The largest absolute Gasteiger partial charge is 0.373 e. The highest BCUT2D eigenvalue weighted by molar-refractivity contribution is 6.45. The minimum atomic E-state index is -0.611. The molecule has 2 aromatic rings. The maximum Gasteiger partial charge on any atom is 0.256 e. The molecule has 0 unspecified atom stereocenters. The number of nitrogens with one attached hydrogen (secondary N) is 1. The molecule has 118 valence electrons. The highest BCUT2D eigenvalue weighted by atomic mass is 35.5. The van der Waals surface area contributed by atoms with Gasteiger partial charge in [0, 0.05) is 5.69 Å². The van der Waals surface area contributed by atoms with E-state index in [0.29, 0.717) is 10.7 Å². The van der Waals surface area contributed by atoms with Crippen LogP contribution < -0.4 is 10.2 Å². The molecule has 1 fully saturated rings. The number of halogens is 2. The van der Waals surface area contributed by atoms with Crippen LogP contribution in [0.15, 0.2) is 42.5 Å². The van der Waals surface area contributed by atoms with E-state index in [4.69, 9.17) is 23.2 Å². The Labute approximate surface area is 144 Å². The molecule has 1 N–H and O–H groups in total. The first kappa shape index (κ1) is 15.8. The van der Waals surface area contributed by atoms with E-state index in [1.807, 2.05) is 31.2 Å². The molecular weight excluding hydrogens is 335 g/mol. The number of aryl methyl sites for hydroxylation is 1. The van der Waals surface area contributed by atoms with Gasteiger partial charge in [-0.15, -0.1) is 0 Å². The summed E-state index contributed by atoms with van der Waals surface area (Å²) in [4.78, 5) is 26.0. The fourth-order valence-corrected chi connectivity index (χ4v) is 2.89. The molecule has 2 aromatic carbocycles. The third kappa shape index (κ3) is 3.05. The number of imide groups is 1. The molecule has 1 heterocycles. The first-order valence-corrected chi connectivity index (χ1v) is 7.87. The average Bonchev–Trinajstić information content (AvgIpc) is 2.79. The van der Waals surface area contributed by atoms with Gasteiger partial charge in [-0.3, -0.25) is 9.59 Å². The SMILES string of the molecule is Cc1ccc(N[C@@H]2CC(=O)N(c3cccc(Cl)c3Cl)C2=O)cc1. The van der Waals surface area contributed by atoms with Crippen molar-refractivity contribution in [2.24, 2.45) is 0 Å². The van der Waals surface area contributed by atoms with E-state index in [9.17, 15) is 9.59 Å². The molecule has 6 heteroatoms. The summed E-state index contributed by atoms with van der Waals surface area (Å²) in [5.41, 5.74) is 2.24. The van der Waals surface area contributed by atoms with Crippen LogP contribution >= 0.6 is 23.2 Å². The van der Waals surface area contributed by atoms with E-state index in [1.54, 1.807) is 18.2 Å². The lowest BCUT2D eigenvalue weighted by Gasteiger charge is -2.17. The van der Waals surface area contributed by atoms with Crippen LogP contribution in [0.4, 0.5) is 11.4 Å². The van der Waals surface area contributed by atoms with Crippen molar-refractivity contribution in [3.8, 4) is 0 Å². The number of rotatable bonds is 3. The van der Waals surface area contributed by atoms with Crippen molar-refractivity contribution < 1.29 is 9.59 Å². The summed E-state index contributed by atoms with van der Waals surface area (Å²) in [5.74, 6) is -0.636. The van der Waals surface area contributed by atoms with E-state index in [1.165, 1.54) is 0 Å². The number of amides is 2. The number of carbonyl (C=O) groups excluding carboxylic acids is 2. The van der Waals surface area contributed by atoms with Gasteiger partial charge < -0.3 is 5.32 Å². The zero-order valence-corrected chi connectivity index (χ0v) is 13.9. The van der Waals surface area contributed by atoms with Crippen LogP contribution in [0.3, 0.4) is 0 Å². The van der Waals surface area contributed by atoms with Gasteiger partial charge in [0.15, 0.2) is 0 Å². The number of benzene rings is 2. The lowest BCUT2D eigenvalue weighted by Crippen LogP contribution is -2.35. The molecule has 4 nitrogen and oxygen atoms in total. The molecule has 0 radical (unpaired) electrons. The summed E-state index contributed by atoms with van der Waals surface area (Å²) >= 11 is 12.1. The molecule has 0 spiro atoms. The Morgan fingerprint density at radius 1 is 1.09 bits per heavy atom. The monoisotopic (exact) mass is 348 g/mol. The predicted molar refractivity (Wildman–Crippen MR) is 92.2 cm³/mol. The van der Waals surface area contributed by atoms with Gasteiger partial charge in [0.05, 0.1) is 22.2 Å². The van der Waals surface area contributed by atoms with E-state index >= 15 is 0 Å². The molecule has 0 aliphatic carbocycles. The van der Waals surface area contributed by atoms with Gasteiger partial charge in [-0.2, -0.15) is 0 Å². The van der Waals surface area contributed by atoms with Crippen LogP contribution in [0.2, 0.25) is 10.0 Å². The summed E-state index contributed by atoms with van der Waals surface area (Å²) in [6.07, 6.45) is 0.0789. The number of anilines is 2. The van der Waals surface area contributed by atoms with Crippen molar-refractivity contribution in [3.05, 3.63) is 58.1 Å². The van der Waals surface area contributed by atoms with Gasteiger partial charge in [-0.1, -0.05) is 47.0 Å². The van der Waals surface area contributed by atoms with E-state index in [-0.39, 0.29) is 23.3 Å². The van der Waals surface area contributed by atoms with Crippen LogP contribution in [0.1, 0.15) is 12.0 Å². The second-order valence-corrected chi connectivity index (χ2v) is 6.19. The normalized spacial score (nSPS) is 17.7. The Morgan fingerprint density at radius 2 is 1.78 bits per heavy atom. The number of nitrogens with zero attached hydrogens (tertiary/aromatic N) is 1. The molecule has 0 aromatic heterocycles. The predicted octanol–water partition coefficient (Wildman–Crippen LogP) is 4.05. The van der Waals surface area contributed by atoms with Crippen molar-refractivity contribution in [2.45, 2.75) is 19.4 Å². The highest BCUT2D eigenvalue weighted by Crippen LogP contribution is 2.35. The minimum Gasteiger partial charge on any atom is -0.373 e. The fourth-order valence-electron chi connectivity index (χ4n) is 2.51. The molecule has 1 saturated heterocycles. The molecule has 0 bridgehead atoms. The number of hydrogen-bond donors (Lipinski definition) is 1. The second-order valence-electron chi connectivity index (χ2n) is 5.41. The van der Waals surface area contributed by atoms with E-state index in [0.717, 1.165) is 16.2 Å². The van der Waals surface area contributed by atoms with E-state index in [2.05, 4.69) is 5.32 Å². The molecule has 1 aliphatic rings. The first-order valence-electron chi connectivity index (χ1n) is 7.11. The minimum absolute atomic E-state index is 0.0789. The molecule has 0 saturated carbocycles. The van der Waals surface area contributed by atoms with E-state index < -0.39 is 6.04 Å². The molecule has 3 rings (SSSR count). The number of carbonyl (C=O) groups is 2. The van der Waals surface area contributed by atoms with Gasteiger partial charge >= 0.3 is 0 Å². The molecule has 2 amide bonds. The van der Waals surface area contributed by atoms with Gasteiger partial charge in [-0.05, 0) is 31.2 Å². The Hall–Kier alpha value is -2.04. The van der Waals surface area contributed by atoms with Crippen molar-refractivity contribution >= 4 is 46.4 Å². The quantitative estimate of drug-likeness (QED) is 0.851. The summed E-state index contributed by atoms with van der Waals surface area (Å²) in [7, 11) is 0. The molecule has 1 atom stereocenters. The summed E-state index contributed by atoms with van der Waals surface area (Å²) in [6, 6.07) is 11.9. The average molecular weight is 349 g/mol. The van der Waals surface area contributed by atoms with Crippen LogP contribution in [-0.2, 0) is 9.59 Å². The highest BCUT2D eigenvalue weighted by Gasteiger charge is 2.40. The summed E-state index contributed by atoms with van der Waals surface area (Å²) in [6.45, 7) is 1.98. The zero-order chi connectivity index (χ0) is 16.6. The standard InChI is InChI=1S/C17H14Cl2N2O2/c1-10-5-7-11(8-6-10)20-13-9-15(22)21(17(13)23)14-4-2-3-12(18)16(14)19/h2-8,13,20H,9H2,1H3/t13-/m1/s1. The fraction of sp³-hybridized carbons (Fsp3) is 0.176. The Kier molecular flexibility index (Phi) is 4.28. The van der Waals surface area contributed by atoms with Crippen molar-refractivity contribution in [3.63, 3.8) is 0 Å². The smallest absolute Gasteiger partial charge is 0.256 e. The van der Waals surface area contributed by atoms with Gasteiger partial charge in [0.1, 0.15) is 6.04 Å². The summed E-state index contributed by atoms with van der Waals surface area (Å²) < 4.78 is 0. The topological polar surface area (TPSA) is 49.4 Å². The second kappa shape index (κ2) is 6.22. The third-order valence-corrected chi connectivity index (χ3v) is 4.52. The van der Waals surface area contributed by atoms with Gasteiger partial charge in [-0.25, -0.2) is 4.90 Å². The molecule has 23 heavy (non-hydrogen) atoms. The molecular formula is C17H14Cl2N2O2. The van der Waals surface area contributed by atoms with Crippen LogP contribution in [0.25, 0.3) is 0 Å². The Balaban J connectivity index is 1.85. The lowest BCUT2D eigenvalue weighted by atomic mass is 10.2. The van der Waals surface area contributed by atoms with Crippen molar-refractivity contribution in [1.29, 1.82) is 0 Å². The maximum absolute atomic E-state index is 12.6. The molecule has 1 aliphatic heterocycles. The van der Waals surface area contributed by atoms with Crippen LogP contribution in [0, 0.1) is 6.92 Å². The zero-order valence-electron chi connectivity index (χ0n) is 12.3. The summed E-state index contributed by atoms with van der Waals surface area (Å²) in [5, 5.41) is 3.60. The van der Waals surface area contributed by atoms with Gasteiger partial charge in [0.25, 0.3) is 5.91 Å². The Morgan fingerprint density at radius 3 is 2.48 bits per heavy atom.